The minimum atomic E-state index is -0.791. The summed E-state index contributed by atoms with van der Waals surface area (Å²) in [5.41, 5.74) is 0.907. The Hall–Kier alpha value is 0.280. The minimum Gasteiger partial charge on any atom is -0.0966 e. The van der Waals surface area contributed by atoms with Gasteiger partial charge in [-0.1, -0.05) is 51.3 Å². The molecule has 0 aliphatic carbocycles. The first-order valence-corrected chi connectivity index (χ1v) is 4.69. The number of benzene rings is 1. The fraction of sp³-hybridized carbons (Fsp3) is 0.250. The first kappa shape index (κ1) is 9.37. The van der Waals surface area contributed by atoms with E-state index in [1.807, 2.05) is 24.3 Å². The summed E-state index contributed by atoms with van der Waals surface area (Å²) in [6.07, 6.45) is 0. The largest absolute Gasteiger partial charge is 0.140 e. The maximum atomic E-state index is 5.86. The third kappa shape index (κ3) is 2.66. The molecule has 0 radical (unpaired) electrons. The van der Waals surface area contributed by atoms with E-state index in [0.29, 0.717) is 0 Å². The molecule has 0 fully saturated rings. The van der Waals surface area contributed by atoms with E-state index in [2.05, 4.69) is 15.9 Å². The Bertz CT molecular complexity index is 235. The second-order valence-corrected chi connectivity index (χ2v) is 5.02. The summed E-state index contributed by atoms with van der Waals surface area (Å²) < 4.78 is 0.236. The third-order valence-corrected chi connectivity index (χ3v) is 2.32. The molecule has 1 aromatic rings. The molecule has 0 saturated carbocycles. The van der Waals surface area contributed by atoms with Gasteiger partial charge in [0, 0.05) is 4.47 Å². The van der Waals surface area contributed by atoms with E-state index in [1.54, 1.807) is 6.92 Å². The molecule has 0 spiro atoms. The molecule has 0 bridgehead atoms. The van der Waals surface area contributed by atoms with Gasteiger partial charge in [-0.2, -0.15) is 0 Å². The van der Waals surface area contributed by atoms with Crippen LogP contribution < -0.4 is 0 Å². The molecule has 0 aliphatic rings. The van der Waals surface area contributed by atoms with Crippen LogP contribution in [0.25, 0.3) is 0 Å². The molecule has 0 atom stereocenters. The van der Waals surface area contributed by atoms with Crippen LogP contribution in [-0.2, 0) is 4.33 Å². The smallest absolute Gasteiger partial charge is 0.0966 e. The van der Waals surface area contributed by atoms with E-state index in [1.165, 1.54) is 0 Å². The number of alkyl halides is 2. The van der Waals surface area contributed by atoms with Gasteiger partial charge < -0.3 is 0 Å². The predicted molar refractivity (Wildman–Crippen MR) is 53.2 cm³/mol. The molecular weight excluding hydrogens is 247 g/mol. The molecule has 0 unspecified atom stereocenters. The van der Waals surface area contributed by atoms with Crippen LogP contribution in [-0.4, -0.2) is 0 Å². The van der Waals surface area contributed by atoms with Crippen LogP contribution in [0.5, 0.6) is 0 Å². The Balaban J connectivity index is 2.99. The van der Waals surface area contributed by atoms with Crippen LogP contribution in [0.4, 0.5) is 0 Å². The lowest BCUT2D eigenvalue weighted by atomic mass is 10.2. The number of rotatable bonds is 1. The first-order valence-electron chi connectivity index (χ1n) is 3.14. The average molecular weight is 254 g/mol. The van der Waals surface area contributed by atoms with Crippen LogP contribution in [0.3, 0.4) is 0 Å². The van der Waals surface area contributed by atoms with E-state index in [0.717, 1.165) is 10.0 Å². The van der Waals surface area contributed by atoms with Gasteiger partial charge in [-0.15, -0.1) is 0 Å². The fourth-order valence-electron chi connectivity index (χ4n) is 0.743. The zero-order valence-electron chi connectivity index (χ0n) is 5.94. The number of hydrogen-bond donors (Lipinski definition) is 0. The van der Waals surface area contributed by atoms with Crippen molar-refractivity contribution in [3.8, 4) is 0 Å². The molecule has 1 aromatic carbocycles. The highest BCUT2D eigenvalue weighted by molar-refractivity contribution is 9.10. The molecule has 1 rings (SSSR count). The maximum absolute atomic E-state index is 5.86. The molecule has 0 N–H and O–H groups in total. The highest BCUT2D eigenvalue weighted by Crippen LogP contribution is 2.33. The monoisotopic (exact) mass is 252 g/mol. The van der Waals surface area contributed by atoms with Gasteiger partial charge in [0.2, 0.25) is 0 Å². The van der Waals surface area contributed by atoms with Crippen LogP contribution in [0.1, 0.15) is 12.5 Å². The van der Waals surface area contributed by atoms with Gasteiger partial charge >= 0.3 is 0 Å². The summed E-state index contributed by atoms with van der Waals surface area (Å²) in [5.74, 6) is 0. The quantitative estimate of drug-likeness (QED) is 0.662. The van der Waals surface area contributed by atoms with E-state index in [-0.39, 0.29) is 0 Å². The van der Waals surface area contributed by atoms with Crippen molar-refractivity contribution in [2.75, 3.05) is 0 Å². The Morgan fingerprint density at radius 2 is 1.64 bits per heavy atom. The van der Waals surface area contributed by atoms with Gasteiger partial charge in [0.15, 0.2) is 0 Å². The molecule has 0 saturated heterocycles. The van der Waals surface area contributed by atoms with Crippen LogP contribution >= 0.6 is 39.1 Å². The molecule has 0 aromatic heterocycles. The number of hydrogen-bond acceptors (Lipinski definition) is 0. The van der Waals surface area contributed by atoms with Crippen molar-refractivity contribution in [2.24, 2.45) is 0 Å². The third-order valence-electron chi connectivity index (χ3n) is 1.35. The van der Waals surface area contributed by atoms with Crippen molar-refractivity contribution < 1.29 is 0 Å². The molecule has 0 amide bonds. The molecule has 0 heterocycles. The summed E-state index contributed by atoms with van der Waals surface area (Å²) in [6, 6.07) is 7.62. The van der Waals surface area contributed by atoms with Crippen molar-refractivity contribution >= 4 is 39.1 Å². The second-order valence-electron chi connectivity index (χ2n) is 2.40. The summed E-state index contributed by atoms with van der Waals surface area (Å²) in [4.78, 5) is 0. The minimum absolute atomic E-state index is 0.791. The summed E-state index contributed by atoms with van der Waals surface area (Å²) in [6.45, 7) is 1.75. The van der Waals surface area contributed by atoms with Gasteiger partial charge in [-0.05, 0) is 24.6 Å². The maximum Gasteiger partial charge on any atom is 0.140 e. The van der Waals surface area contributed by atoms with Crippen molar-refractivity contribution in [3.63, 3.8) is 0 Å². The van der Waals surface area contributed by atoms with Crippen LogP contribution in [0, 0.1) is 0 Å². The summed E-state index contributed by atoms with van der Waals surface area (Å²) >= 11 is 15.0. The first-order chi connectivity index (χ1) is 5.00. The van der Waals surface area contributed by atoms with E-state index in [4.69, 9.17) is 23.2 Å². The van der Waals surface area contributed by atoms with Gasteiger partial charge in [0.05, 0.1) is 0 Å². The van der Waals surface area contributed by atoms with Crippen molar-refractivity contribution in [3.05, 3.63) is 34.3 Å². The van der Waals surface area contributed by atoms with Gasteiger partial charge in [-0.25, -0.2) is 0 Å². The Labute approximate surface area is 84.6 Å². The molecule has 0 aliphatic heterocycles. The predicted octanol–water partition coefficient (Wildman–Crippen LogP) is 4.10. The Kier molecular flexibility index (Phi) is 2.84. The lowest BCUT2D eigenvalue weighted by Gasteiger charge is -2.12. The highest BCUT2D eigenvalue weighted by atomic mass is 79.9. The van der Waals surface area contributed by atoms with Crippen LogP contribution in [0.15, 0.2) is 28.7 Å². The Morgan fingerprint density at radius 3 is 2.00 bits per heavy atom. The van der Waals surface area contributed by atoms with Gasteiger partial charge in [0.25, 0.3) is 0 Å². The van der Waals surface area contributed by atoms with Crippen molar-refractivity contribution in [2.45, 2.75) is 11.3 Å². The molecule has 0 nitrogen and oxygen atoms in total. The lowest BCUT2D eigenvalue weighted by molar-refractivity contribution is 0.976. The topological polar surface area (TPSA) is 0 Å². The lowest BCUT2D eigenvalue weighted by Crippen LogP contribution is -2.02. The van der Waals surface area contributed by atoms with Crippen molar-refractivity contribution in [1.29, 1.82) is 0 Å². The Morgan fingerprint density at radius 1 is 1.18 bits per heavy atom. The summed E-state index contributed by atoms with van der Waals surface area (Å²) in [5, 5.41) is 0. The van der Waals surface area contributed by atoms with Crippen molar-refractivity contribution in [1.82, 2.24) is 0 Å². The summed E-state index contributed by atoms with van der Waals surface area (Å²) in [7, 11) is 0. The van der Waals surface area contributed by atoms with Gasteiger partial charge in [-0.3, -0.25) is 0 Å². The van der Waals surface area contributed by atoms with Crippen LogP contribution in [0.2, 0.25) is 0 Å². The zero-order chi connectivity index (χ0) is 8.48. The zero-order valence-corrected chi connectivity index (χ0v) is 9.04. The van der Waals surface area contributed by atoms with E-state index < -0.39 is 4.33 Å². The number of halogens is 3. The van der Waals surface area contributed by atoms with Gasteiger partial charge in [0.1, 0.15) is 4.33 Å². The SMILES string of the molecule is CC(Cl)(Cl)c1ccc(Br)cc1. The second kappa shape index (κ2) is 3.34. The normalized spacial score (nSPS) is 11.6. The standard InChI is InChI=1S/C8H7BrCl2/c1-8(10,11)6-2-4-7(9)5-3-6/h2-5H,1H3. The molecule has 11 heavy (non-hydrogen) atoms. The molecule has 60 valence electrons. The highest BCUT2D eigenvalue weighted by Gasteiger charge is 2.18. The molecular formula is C8H7BrCl2. The van der Waals surface area contributed by atoms with E-state index in [9.17, 15) is 0 Å². The molecule has 3 heteroatoms. The fourth-order valence-corrected chi connectivity index (χ4v) is 1.26. The van der Waals surface area contributed by atoms with E-state index >= 15 is 0 Å². The average Bonchev–Trinajstić information content (AvgIpc) is 1.86.